The number of amides is 1. The largest absolute Gasteiger partial charge is 0.351 e. The van der Waals surface area contributed by atoms with Crippen LogP contribution in [-0.2, 0) is 21.4 Å². The van der Waals surface area contributed by atoms with E-state index >= 15 is 0 Å². The first kappa shape index (κ1) is 18.9. The van der Waals surface area contributed by atoms with E-state index in [1.54, 1.807) is 24.3 Å². The number of nitrogens with one attached hydrogen (secondary N) is 1. The fourth-order valence-corrected chi connectivity index (χ4v) is 3.67. The summed E-state index contributed by atoms with van der Waals surface area (Å²) in [4.78, 5) is 12.2. The van der Waals surface area contributed by atoms with Crippen molar-refractivity contribution in [2.24, 2.45) is 0 Å². The smallest absolute Gasteiger partial charge is 0.243 e. The number of sulfonamides is 1. The van der Waals surface area contributed by atoms with Gasteiger partial charge in [-0.3, -0.25) is 4.79 Å². The van der Waals surface area contributed by atoms with Crippen LogP contribution in [0.25, 0.3) is 0 Å². The maximum absolute atomic E-state index is 12.9. The summed E-state index contributed by atoms with van der Waals surface area (Å²) < 4.78 is 27.1. The maximum Gasteiger partial charge on any atom is 0.243 e. The van der Waals surface area contributed by atoms with E-state index in [4.69, 9.17) is 0 Å². The van der Waals surface area contributed by atoms with Crippen LogP contribution in [0.4, 0.5) is 0 Å². The van der Waals surface area contributed by atoms with Gasteiger partial charge in [0.1, 0.15) is 0 Å². The lowest BCUT2D eigenvalue weighted by molar-refractivity contribution is -0.121. The molecule has 0 bridgehead atoms. The van der Waals surface area contributed by atoms with E-state index < -0.39 is 10.0 Å². The number of carbonyl (C=O) groups is 1. The van der Waals surface area contributed by atoms with Crippen LogP contribution in [0.1, 0.15) is 11.1 Å². The number of hydrogen-bond acceptors (Lipinski definition) is 3. The van der Waals surface area contributed by atoms with E-state index in [0.29, 0.717) is 6.54 Å². The predicted octanol–water partition coefficient (Wildman–Crippen LogP) is 2.49. The number of carbonyl (C=O) groups excluding carboxylic acids is 1. The Morgan fingerprint density at radius 1 is 1.12 bits per heavy atom. The molecule has 0 aliphatic heterocycles. The molecule has 5 nitrogen and oxygen atoms in total. The van der Waals surface area contributed by atoms with Gasteiger partial charge in [0.05, 0.1) is 11.4 Å². The average Bonchev–Trinajstić information content (AvgIpc) is 2.62. The minimum absolute atomic E-state index is 0.124. The summed E-state index contributed by atoms with van der Waals surface area (Å²) in [5.74, 6) is -0.369. The molecule has 0 aliphatic rings. The van der Waals surface area contributed by atoms with Crippen molar-refractivity contribution in [1.29, 1.82) is 0 Å². The van der Waals surface area contributed by atoms with Gasteiger partial charge in [-0.15, -0.1) is 6.58 Å². The molecule has 0 aromatic heterocycles. The van der Waals surface area contributed by atoms with E-state index in [9.17, 15) is 13.2 Å². The predicted molar refractivity (Wildman–Crippen MR) is 98.4 cm³/mol. The minimum atomic E-state index is -3.78. The second-order valence-corrected chi connectivity index (χ2v) is 7.60. The lowest BCUT2D eigenvalue weighted by atomic mass is 10.1. The third kappa shape index (κ3) is 5.27. The molecule has 0 radical (unpaired) electrons. The Kier molecular flexibility index (Phi) is 6.50. The summed E-state index contributed by atoms with van der Waals surface area (Å²) in [6.07, 6.45) is 1.55. The van der Waals surface area contributed by atoms with E-state index in [0.717, 1.165) is 11.1 Å². The highest BCUT2D eigenvalue weighted by molar-refractivity contribution is 7.89. The molecule has 0 fully saturated rings. The highest BCUT2D eigenvalue weighted by atomic mass is 32.2. The second kappa shape index (κ2) is 8.60. The van der Waals surface area contributed by atoms with E-state index in [1.807, 2.05) is 31.2 Å². The fraction of sp³-hybridized carbons (Fsp3) is 0.211. The molecule has 6 heteroatoms. The van der Waals surface area contributed by atoms with Crippen molar-refractivity contribution in [3.05, 3.63) is 78.4 Å². The van der Waals surface area contributed by atoms with Gasteiger partial charge in [-0.2, -0.15) is 4.31 Å². The van der Waals surface area contributed by atoms with Crippen molar-refractivity contribution in [2.75, 3.05) is 13.1 Å². The SMILES string of the molecule is C=CCNC(=O)CN(Cc1ccc(C)cc1)S(=O)(=O)c1ccccc1. The van der Waals surface area contributed by atoms with Crippen molar-refractivity contribution in [3.8, 4) is 0 Å². The lowest BCUT2D eigenvalue weighted by Crippen LogP contribution is -2.40. The Morgan fingerprint density at radius 3 is 2.36 bits per heavy atom. The Labute approximate surface area is 149 Å². The summed E-state index contributed by atoms with van der Waals surface area (Å²) in [5.41, 5.74) is 1.91. The lowest BCUT2D eigenvalue weighted by Gasteiger charge is -2.22. The topological polar surface area (TPSA) is 66.5 Å². The number of rotatable bonds is 8. The standard InChI is InChI=1S/C19H22N2O3S/c1-3-13-20-19(22)15-21(14-17-11-9-16(2)10-12-17)25(23,24)18-7-5-4-6-8-18/h3-12H,1,13-15H2,2H3,(H,20,22). The Bertz CT molecular complexity index is 816. The van der Waals surface area contributed by atoms with Crippen LogP contribution in [0.3, 0.4) is 0 Å². The van der Waals surface area contributed by atoms with Crippen molar-refractivity contribution in [3.63, 3.8) is 0 Å². The highest BCUT2D eigenvalue weighted by Crippen LogP contribution is 2.18. The van der Waals surface area contributed by atoms with Crippen molar-refractivity contribution < 1.29 is 13.2 Å². The first-order valence-corrected chi connectivity index (χ1v) is 9.36. The van der Waals surface area contributed by atoms with Gasteiger partial charge >= 0.3 is 0 Å². The highest BCUT2D eigenvalue weighted by Gasteiger charge is 2.26. The zero-order valence-electron chi connectivity index (χ0n) is 14.2. The van der Waals surface area contributed by atoms with Gasteiger partial charge in [0.25, 0.3) is 0 Å². The quantitative estimate of drug-likeness (QED) is 0.737. The molecule has 2 rings (SSSR count). The van der Waals surface area contributed by atoms with Crippen molar-refractivity contribution in [2.45, 2.75) is 18.4 Å². The fourth-order valence-electron chi connectivity index (χ4n) is 2.27. The van der Waals surface area contributed by atoms with Crippen LogP contribution in [-0.4, -0.2) is 31.7 Å². The molecule has 2 aromatic rings. The van der Waals surface area contributed by atoms with E-state index in [-0.39, 0.29) is 23.9 Å². The number of benzene rings is 2. The van der Waals surface area contributed by atoms with Crippen molar-refractivity contribution in [1.82, 2.24) is 9.62 Å². The monoisotopic (exact) mass is 358 g/mol. The molecule has 0 heterocycles. The maximum atomic E-state index is 12.9. The molecule has 1 amide bonds. The number of aryl methyl sites for hydroxylation is 1. The molecule has 0 unspecified atom stereocenters. The molecular formula is C19H22N2O3S. The normalized spacial score (nSPS) is 11.3. The van der Waals surface area contributed by atoms with Gasteiger partial charge < -0.3 is 5.32 Å². The van der Waals surface area contributed by atoms with Gasteiger partial charge in [-0.25, -0.2) is 8.42 Å². The van der Waals surface area contributed by atoms with Crippen LogP contribution in [0.2, 0.25) is 0 Å². The summed E-state index contributed by atoms with van der Waals surface area (Å²) in [5, 5.41) is 2.62. The molecule has 0 spiro atoms. The van der Waals surface area contributed by atoms with Gasteiger partial charge in [0, 0.05) is 13.1 Å². The van der Waals surface area contributed by atoms with Gasteiger partial charge in [0.15, 0.2) is 0 Å². The van der Waals surface area contributed by atoms with Crippen molar-refractivity contribution >= 4 is 15.9 Å². The molecular weight excluding hydrogens is 336 g/mol. The molecule has 0 atom stereocenters. The molecule has 132 valence electrons. The second-order valence-electron chi connectivity index (χ2n) is 5.66. The van der Waals surface area contributed by atoms with Crippen LogP contribution in [0.5, 0.6) is 0 Å². The third-order valence-electron chi connectivity index (χ3n) is 3.62. The van der Waals surface area contributed by atoms with E-state index in [2.05, 4.69) is 11.9 Å². The Morgan fingerprint density at radius 2 is 1.76 bits per heavy atom. The summed E-state index contributed by atoms with van der Waals surface area (Å²) in [6.45, 7) is 5.67. The summed E-state index contributed by atoms with van der Waals surface area (Å²) in [7, 11) is -3.78. The number of hydrogen-bond donors (Lipinski definition) is 1. The molecule has 0 saturated carbocycles. The van der Waals surface area contributed by atoms with Gasteiger partial charge in [-0.1, -0.05) is 54.1 Å². The average molecular weight is 358 g/mol. The van der Waals surface area contributed by atoms with Crippen LogP contribution >= 0.6 is 0 Å². The molecule has 0 saturated heterocycles. The minimum Gasteiger partial charge on any atom is -0.351 e. The summed E-state index contributed by atoms with van der Waals surface area (Å²) in [6, 6.07) is 15.7. The molecule has 1 N–H and O–H groups in total. The van der Waals surface area contributed by atoms with Gasteiger partial charge in [-0.05, 0) is 24.6 Å². The first-order chi connectivity index (χ1) is 11.9. The molecule has 2 aromatic carbocycles. The van der Waals surface area contributed by atoms with Gasteiger partial charge in [0.2, 0.25) is 15.9 Å². The summed E-state index contributed by atoms with van der Waals surface area (Å²) >= 11 is 0. The zero-order valence-corrected chi connectivity index (χ0v) is 15.0. The first-order valence-electron chi connectivity index (χ1n) is 7.92. The Balaban J connectivity index is 2.29. The van der Waals surface area contributed by atoms with Crippen LogP contribution in [0.15, 0.2) is 72.1 Å². The zero-order chi connectivity index (χ0) is 18.3. The van der Waals surface area contributed by atoms with Crippen LogP contribution in [0, 0.1) is 6.92 Å². The third-order valence-corrected chi connectivity index (χ3v) is 5.43. The Hall–Kier alpha value is -2.44. The number of nitrogens with zero attached hydrogens (tertiary/aromatic N) is 1. The molecule has 25 heavy (non-hydrogen) atoms. The van der Waals surface area contributed by atoms with E-state index in [1.165, 1.54) is 16.4 Å². The van der Waals surface area contributed by atoms with Crippen LogP contribution < -0.4 is 5.32 Å². The molecule has 0 aliphatic carbocycles.